The summed E-state index contributed by atoms with van der Waals surface area (Å²) in [7, 11) is 0. The maximum atomic E-state index is 11.9. The Bertz CT molecular complexity index is 621. The van der Waals surface area contributed by atoms with Gasteiger partial charge in [-0.1, -0.05) is 30.3 Å². The molecule has 1 N–H and O–H groups in total. The van der Waals surface area contributed by atoms with Crippen molar-refractivity contribution in [2.24, 2.45) is 0 Å². The van der Waals surface area contributed by atoms with Crippen LogP contribution in [0.1, 0.15) is 27.0 Å². The van der Waals surface area contributed by atoms with Crippen molar-refractivity contribution in [3.63, 3.8) is 0 Å². The second-order valence-corrected chi connectivity index (χ2v) is 5.12. The van der Waals surface area contributed by atoms with Gasteiger partial charge >= 0.3 is 0 Å². The summed E-state index contributed by atoms with van der Waals surface area (Å²) in [6.07, 6.45) is 0. The van der Waals surface area contributed by atoms with Crippen LogP contribution in [0.5, 0.6) is 5.75 Å². The Morgan fingerprint density at radius 1 is 1.00 bits per heavy atom. The summed E-state index contributed by atoms with van der Waals surface area (Å²) in [4.78, 5) is 11.9. The van der Waals surface area contributed by atoms with Crippen LogP contribution < -0.4 is 10.1 Å². The summed E-state index contributed by atoms with van der Waals surface area (Å²) in [5, 5.41) is 2.86. The lowest BCUT2D eigenvalue weighted by molar-refractivity contribution is 0.0947. The van der Waals surface area contributed by atoms with E-state index >= 15 is 0 Å². The molecule has 0 unspecified atom stereocenters. The average Bonchev–Trinajstić information content (AvgIpc) is 2.51. The highest BCUT2D eigenvalue weighted by Gasteiger charge is 2.07. The molecule has 3 nitrogen and oxygen atoms in total. The molecular formula is C18H21NO2. The highest BCUT2D eigenvalue weighted by molar-refractivity contribution is 5.94. The van der Waals surface area contributed by atoms with E-state index in [1.807, 2.05) is 25.1 Å². The summed E-state index contributed by atoms with van der Waals surface area (Å²) >= 11 is 0. The molecule has 0 spiro atoms. The Kier molecular flexibility index (Phi) is 4.99. The van der Waals surface area contributed by atoms with E-state index in [4.69, 9.17) is 4.74 Å². The maximum absolute atomic E-state index is 11.9. The average molecular weight is 283 g/mol. The van der Waals surface area contributed by atoms with E-state index < -0.39 is 0 Å². The third-order valence-corrected chi connectivity index (χ3v) is 3.54. The first-order chi connectivity index (χ1) is 10.1. The van der Waals surface area contributed by atoms with Crippen LogP contribution in [-0.4, -0.2) is 19.1 Å². The molecule has 1 amide bonds. The van der Waals surface area contributed by atoms with Gasteiger partial charge in [0.25, 0.3) is 5.91 Å². The molecular weight excluding hydrogens is 262 g/mol. The van der Waals surface area contributed by atoms with E-state index in [9.17, 15) is 4.79 Å². The second-order valence-electron chi connectivity index (χ2n) is 5.12. The van der Waals surface area contributed by atoms with Crippen LogP contribution in [0.25, 0.3) is 0 Å². The minimum atomic E-state index is -0.0723. The monoisotopic (exact) mass is 283 g/mol. The molecule has 0 bridgehead atoms. The molecule has 0 saturated carbocycles. The van der Waals surface area contributed by atoms with Gasteiger partial charge in [0.15, 0.2) is 0 Å². The molecule has 110 valence electrons. The van der Waals surface area contributed by atoms with E-state index in [-0.39, 0.29) is 5.91 Å². The number of benzene rings is 2. The van der Waals surface area contributed by atoms with Gasteiger partial charge in [-0.05, 0) is 49.6 Å². The zero-order valence-electron chi connectivity index (χ0n) is 12.8. The molecule has 21 heavy (non-hydrogen) atoms. The first-order valence-corrected chi connectivity index (χ1v) is 7.12. The van der Waals surface area contributed by atoms with Crippen molar-refractivity contribution in [3.05, 3.63) is 64.7 Å². The zero-order valence-corrected chi connectivity index (χ0v) is 12.8. The lowest BCUT2D eigenvalue weighted by Crippen LogP contribution is -2.28. The number of aryl methyl sites for hydroxylation is 2. The van der Waals surface area contributed by atoms with Gasteiger partial charge in [-0.3, -0.25) is 4.79 Å². The molecule has 2 aromatic rings. The van der Waals surface area contributed by atoms with Crippen LogP contribution >= 0.6 is 0 Å². The SMILES string of the molecule is Cc1ccc(C)c(OCCNC(=O)c2ccccc2)c1C. The minimum absolute atomic E-state index is 0.0723. The van der Waals surface area contributed by atoms with Crippen molar-refractivity contribution in [3.8, 4) is 5.75 Å². The fourth-order valence-electron chi connectivity index (χ4n) is 2.16. The Labute approximate surface area is 126 Å². The molecule has 0 saturated heterocycles. The van der Waals surface area contributed by atoms with Gasteiger partial charge in [0, 0.05) is 5.56 Å². The van der Waals surface area contributed by atoms with Gasteiger partial charge in [0.05, 0.1) is 6.54 Å². The molecule has 0 atom stereocenters. The Morgan fingerprint density at radius 2 is 1.67 bits per heavy atom. The van der Waals surface area contributed by atoms with E-state index in [0.29, 0.717) is 18.7 Å². The largest absolute Gasteiger partial charge is 0.491 e. The standard InChI is InChI=1S/C18H21NO2/c1-13-9-10-14(2)17(15(13)3)21-12-11-19-18(20)16-7-5-4-6-8-16/h4-10H,11-12H2,1-3H3,(H,19,20). The normalized spacial score (nSPS) is 10.2. The molecule has 0 aliphatic carbocycles. The molecule has 0 aromatic heterocycles. The number of nitrogens with one attached hydrogen (secondary N) is 1. The van der Waals surface area contributed by atoms with Gasteiger partial charge in [-0.2, -0.15) is 0 Å². The summed E-state index contributed by atoms with van der Waals surface area (Å²) in [5.41, 5.74) is 4.15. The fraction of sp³-hybridized carbons (Fsp3) is 0.278. The molecule has 0 fully saturated rings. The van der Waals surface area contributed by atoms with Crippen LogP contribution in [0.15, 0.2) is 42.5 Å². The van der Waals surface area contributed by atoms with E-state index in [1.165, 1.54) is 5.56 Å². The Morgan fingerprint density at radius 3 is 2.38 bits per heavy atom. The van der Waals surface area contributed by atoms with E-state index in [1.54, 1.807) is 12.1 Å². The predicted octanol–water partition coefficient (Wildman–Crippen LogP) is 3.42. The molecule has 2 rings (SSSR count). The lowest BCUT2D eigenvalue weighted by Gasteiger charge is -2.14. The van der Waals surface area contributed by atoms with Gasteiger partial charge in [0.1, 0.15) is 12.4 Å². The van der Waals surface area contributed by atoms with Crippen LogP contribution in [0.3, 0.4) is 0 Å². The van der Waals surface area contributed by atoms with Crippen LogP contribution in [0.4, 0.5) is 0 Å². The number of ether oxygens (including phenoxy) is 1. The van der Waals surface area contributed by atoms with Crippen molar-refractivity contribution >= 4 is 5.91 Å². The van der Waals surface area contributed by atoms with Gasteiger partial charge < -0.3 is 10.1 Å². The van der Waals surface area contributed by atoms with Crippen LogP contribution in [-0.2, 0) is 0 Å². The van der Waals surface area contributed by atoms with Crippen molar-refractivity contribution in [1.29, 1.82) is 0 Å². The third-order valence-electron chi connectivity index (χ3n) is 3.54. The summed E-state index contributed by atoms with van der Waals surface area (Å²) in [6, 6.07) is 13.3. The highest BCUT2D eigenvalue weighted by Crippen LogP contribution is 2.25. The number of hydrogen-bond acceptors (Lipinski definition) is 2. The zero-order chi connectivity index (χ0) is 15.2. The van der Waals surface area contributed by atoms with Crippen molar-refractivity contribution in [1.82, 2.24) is 5.32 Å². The highest BCUT2D eigenvalue weighted by atomic mass is 16.5. The number of carbonyl (C=O) groups excluding carboxylic acids is 1. The van der Waals surface area contributed by atoms with Crippen molar-refractivity contribution in [2.45, 2.75) is 20.8 Å². The minimum Gasteiger partial charge on any atom is -0.491 e. The number of rotatable bonds is 5. The molecule has 2 aromatic carbocycles. The maximum Gasteiger partial charge on any atom is 0.251 e. The predicted molar refractivity (Wildman–Crippen MR) is 84.9 cm³/mol. The fourth-order valence-corrected chi connectivity index (χ4v) is 2.16. The summed E-state index contributed by atoms with van der Waals surface area (Å²) < 4.78 is 5.82. The molecule has 0 aliphatic heterocycles. The van der Waals surface area contributed by atoms with Crippen LogP contribution in [0, 0.1) is 20.8 Å². The molecule has 0 radical (unpaired) electrons. The summed E-state index contributed by atoms with van der Waals surface area (Å²) in [5.74, 6) is 0.848. The quantitative estimate of drug-likeness (QED) is 0.854. The molecule has 0 heterocycles. The van der Waals surface area contributed by atoms with Gasteiger partial charge in [0.2, 0.25) is 0 Å². The van der Waals surface area contributed by atoms with Crippen molar-refractivity contribution < 1.29 is 9.53 Å². The van der Waals surface area contributed by atoms with E-state index in [0.717, 1.165) is 16.9 Å². The first kappa shape index (κ1) is 15.1. The smallest absolute Gasteiger partial charge is 0.251 e. The topological polar surface area (TPSA) is 38.3 Å². The number of amides is 1. The van der Waals surface area contributed by atoms with Gasteiger partial charge in [-0.15, -0.1) is 0 Å². The lowest BCUT2D eigenvalue weighted by atomic mass is 10.1. The third kappa shape index (κ3) is 3.85. The number of carbonyl (C=O) groups is 1. The van der Waals surface area contributed by atoms with Crippen molar-refractivity contribution in [2.75, 3.05) is 13.2 Å². The summed E-state index contributed by atoms with van der Waals surface area (Å²) in [6.45, 7) is 7.10. The molecule has 0 aliphatic rings. The molecule has 3 heteroatoms. The second kappa shape index (κ2) is 6.93. The van der Waals surface area contributed by atoms with Gasteiger partial charge in [-0.25, -0.2) is 0 Å². The van der Waals surface area contributed by atoms with E-state index in [2.05, 4.69) is 31.3 Å². The number of hydrogen-bond donors (Lipinski definition) is 1. The first-order valence-electron chi connectivity index (χ1n) is 7.12. The van der Waals surface area contributed by atoms with Crippen LogP contribution in [0.2, 0.25) is 0 Å². The Balaban J connectivity index is 1.86. The Hall–Kier alpha value is -2.29.